The Hall–Kier alpha value is -2.11. The molecule has 174 valence electrons. The van der Waals surface area contributed by atoms with Crippen molar-refractivity contribution in [2.45, 2.75) is 84.0 Å². The van der Waals surface area contributed by atoms with Gasteiger partial charge in [-0.15, -0.1) is 0 Å². The number of hydrogen-bond donors (Lipinski definition) is 2. The normalized spacial score (nSPS) is 17.8. The van der Waals surface area contributed by atoms with E-state index in [2.05, 4.69) is 93.5 Å². The summed E-state index contributed by atoms with van der Waals surface area (Å²) >= 11 is 6.05. The molecule has 4 nitrogen and oxygen atoms in total. The zero-order valence-electron chi connectivity index (χ0n) is 20.7. The molecule has 2 aromatic rings. The Kier molecular flexibility index (Phi) is 7.51. The van der Waals surface area contributed by atoms with Gasteiger partial charge in [0.05, 0.1) is 7.11 Å². The second-order valence-corrected chi connectivity index (χ2v) is 11.0. The predicted octanol–water partition coefficient (Wildman–Crippen LogP) is 6.33. The number of nitrogens with one attached hydrogen (secondary N) is 2. The quantitative estimate of drug-likeness (QED) is 0.500. The molecule has 1 saturated heterocycles. The highest BCUT2D eigenvalue weighted by Crippen LogP contribution is 2.33. The largest absolute Gasteiger partial charge is 0.497 e. The van der Waals surface area contributed by atoms with E-state index in [4.69, 9.17) is 17.0 Å². The minimum absolute atomic E-state index is 0.0377. The molecule has 1 aliphatic rings. The fraction of sp³-hybridized carbons (Fsp3) is 0.519. The van der Waals surface area contributed by atoms with E-state index < -0.39 is 0 Å². The molecule has 2 N–H and O–H groups in total. The Morgan fingerprint density at radius 2 is 1.66 bits per heavy atom. The van der Waals surface area contributed by atoms with E-state index in [0.717, 1.165) is 35.9 Å². The highest BCUT2D eigenvalue weighted by molar-refractivity contribution is 7.80. The molecule has 0 saturated carbocycles. The second-order valence-electron chi connectivity index (χ2n) is 10.6. The maximum Gasteiger partial charge on any atom is 0.173 e. The third-order valence-electron chi connectivity index (χ3n) is 6.21. The first-order valence-electron chi connectivity index (χ1n) is 11.6. The highest BCUT2D eigenvalue weighted by atomic mass is 32.1. The summed E-state index contributed by atoms with van der Waals surface area (Å²) in [5.74, 6) is 1.30. The molecule has 2 aromatic carbocycles. The Balaban J connectivity index is 1.91. The molecule has 1 fully saturated rings. The lowest BCUT2D eigenvalue weighted by Crippen LogP contribution is -2.63. The van der Waals surface area contributed by atoms with Crippen LogP contribution in [0.2, 0.25) is 0 Å². The number of anilines is 1. The summed E-state index contributed by atoms with van der Waals surface area (Å²) in [7, 11) is 1.70. The van der Waals surface area contributed by atoms with Crippen molar-refractivity contribution in [3.63, 3.8) is 0 Å². The smallest absolute Gasteiger partial charge is 0.173 e. The molecule has 0 spiro atoms. The van der Waals surface area contributed by atoms with Gasteiger partial charge in [0.2, 0.25) is 0 Å². The SMILES string of the molecule is COc1ccc(CN(C(=S)Nc2ccccc2C(C)C)C2CC(C)(C)NC(C)(C)C2)cc1. The van der Waals surface area contributed by atoms with E-state index in [-0.39, 0.29) is 11.1 Å². The summed E-state index contributed by atoms with van der Waals surface area (Å²) in [6.07, 6.45) is 2.06. The maximum absolute atomic E-state index is 6.05. The number of thiocarbonyl (C=S) groups is 1. The topological polar surface area (TPSA) is 36.5 Å². The molecule has 0 unspecified atom stereocenters. The molecular weight excluding hydrogens is 414 g/mol. The molecule has 0 aromatic heterocycles. The van der Waals surface area contributed by atoms with Crippen LogP contribution in [0.1, 0.15) is 71.4 Å². The molecule has 0 radical (unpaired) electrons. The van der Waals surface area contributed by atoms with Gasteiger partial charge in [-0.2, -0.15) is 0 Å². The van der Waals surface area contributed by atoms with E-state index in [1.807, 2.05) is 12.1 Å². The van der Waals surface area contributed by atoms with E-state index in [9.17, 15) is 0 Å². The molecule has 0 atom stereocenters. The van der Waals surface area contributed by atoms with Crippen LogP contribution >= 0.6 is 12.2 Å². The van der Waals surface area contributed by atoms with Crippen LogP contribution in [0.3, 0.4) is 0 Å². The average Bonchev–Trinajstić information content (AvgIpc) is 2.70. The van der Waals surface area contributed by atoms with Crippen LogP contribution in [-0.2, 0) is 6.54 Å². The van der Waals surface area contributed by atoms with Gasteiger partial charge in [0, 0.05) is 29.4 Å². The fourth-order valence-corrected chi connectivity index (χ4v) is 5.41. The summed E-state index contributed by atoms with van der Waals surface area (Å²) in [6.45, 7) is 14.4. The van der Waals surface area contributed by atoms with Crippen LogP contribution in [0.4, 0.5) is 5.69 Å². The van der Waals surface area contributed by atoms with Gasteiger partial charge in [0.25, 0.3) is 0 Å². The van der Waals surface area contributed by atoms with Crippen LogP contribution in [-0.4, -0.2) is 34.2 Å². The third-order valence-corrected chi connectivity index (χ3v) is 6.54. The number of ether oxygens (including phenoxy) is 1. The Bertz CT molecular complexity index is 905. The second kappa shape index (κ2) is 9.80. The summed E-state index contributed by atoms with van der Waals surface area (Å²) in [5, 5.41) is 8.19. The van der Waals surface area contributed by atoms with Crippen LogP contribution in [0.5, 0.6) is 5.75 Å². The lowest BCUT2D eigenvalue weighted by Gasteiger charge is -2.50. The van der Waals surface area contributed by atoms with E-state index in [1.165, 1.54) is 11.1 Å². The summed E-state index contributed by atoms with van der Waals surface area (Å²) < 4.78 is 5.35. The van der Waals surface area contributed by atoms with Gasteiger partial charge >= 0.3 is 0 Å². The van der Waals surface area contributed by atoms with Gasteiger partial charge in [0.15, 0.2) is 5.11 Å². The van der Waals surface area contributed by atoms with E-state index in [1.54, 1.807) is 7.11 Å². The highest BCUT2D eigenvalue weighted by Gasteiger charge is 2.40. The van der Waals surface area contributed by atoms with Gasteiger partial charge in [-0.25, -0.2) is 0 Å². The van der Waals surface area contributed by atoms with Crippen molar-refractivity contribution in [2.24, 2.45) is 0 Å². The fourth-order valence-electron chi connectivity index (χ4n) is 5.08. The van der Waals surface area contributed by atoms with Crippen molar-refractivity contribution in [3.8, 4) is 5.75 Å². The third kappa shape index (κ3) is 6.23. The molecular formula is C27H39N3OS. The Labute approximate surface area is 199 Å². The molecule has 0 aliphatic carbocycles. The van der Waals surface area contributed by atoms with Crippen LogP contribution in [0, 0.1) is 0 Å². The number of methoxy groups -OCH3 is 1. The zero-order chi connectivity index (χ0) is 23.5. The monoisotopic (exact) mass is 453 g/mol. The van der Waals surface area contributed by atoms with Gasteiger partial charge < -0.3 is 20.3 Å². The molecule has 5 heteroatoms. The minimum atomic E-state index is 0.0377. The molecule has 0 amide bonds. The molecule has 3 rings (SSSR count). The van der Waals surface area contributed by atoms with Crippen LogP contribution < -0.4 is 15.4 Å². The van der Waals surface area contributed by atoms with E-state index in [0.29, 0.717) is 12.0 Å². The van der Waals surface area contributed by atoms with Gasteiger partial charge in [0.1, 0.15) is 5.75 Å². The molecule has 32 heavy (non-hydrogen) atoms. The van der Waals surface area contributed by atoms with Crippen LogP contribution in [0.15, 0.2) is 48.5 Å². The number of nitrogens with zero attached hydrogens (tertiary/aromatic N) is 1. The standard InChI is InChI=1S/C27H39N3OS/c1-19(2)23-10-8-9-11-24(23)28-25(32)30(18-20-12-14-22(31-7)15-13-20)21-16-26(3,4)29-27(5,6)17-21/h8-15,19,21,29H,16-18H2,1-7H3,(H,28,32). The number of para-hydroxylation sites is 1. The van der Waals surface area contributed by atoms with Gasteiger partial charge in [-0.05, 0) is 88.0 Å². The average molecular weight is 454 g/mol. The van der Waals surface area contributed by atoms with Crippen molar-refractivity contribution < 1.29 is 4.74 Å². The first-order chi connectivity index (χ1) is 15.0. The Morgan fingerprint density at radius 3 is 2.22 bits per heavy atom. The van der Waals surface area contributed by atoms with Crippen LogP contribution in [0.25, 0.3) is 0 Å². The van der Waals surface area contributed by atoms with Crippen molar-refractivity contribution in [1.29, 1.82) is 0 Å². The lowest BCUT2D eigenvalue weighted by molar-refractivity contribution is 0.101. The summed E-state index contributed by atoms with van der Waals surface area (Å²) in [6, 6.07) is 17.1. The molecule has 1 aliphatic heterocycles. The molecule has 1 heterocycles. The van der Waals surface area contributed by atoms with Crippen molar-refractivity contribution in [2.75, 3.05) is 12.4 Å². The maximum atomic E-state index is 6.05. The lowest BCUT2D eigenvalue weighted by atomic mass is 9.79. The number of benzene rings is 2. The van der Waals surface area contributed by atoms with Gasteiger partial charge in [-0.3, -0.25) is 0 Å². The number of piperidine rings is 1. The minimum Gasteiger partial charge on any atom is -0.497 e. The number of rotatable bonds is 6. The first kappa shape index (κ1) is 24.5. The zero-order valence-corrected chi connectivity index (χ0v) is 21.5. The van der Waals surface area contributed by atoms with Crippen molar-refractivity contribution >= 4 is 23.0 Å². The van der Waals surface area contributed by atoms with Gasteiger partial charge in [-0.1, -0.05) is 44.2 Å². The number of hydrogen-bond acceptors (Lipinski definition) is 3. The summed E-state index contributed by atoms with van der Waals surface area (Å²) in [4.78, 5) is 2.39. The molecule has 0 bridgehead atoms. The first-order valence-corrected chi connectivity index (χ1v) is 12.0. The predicted molar refractivity (Wildman–Crippen MR) is 140 cm³/mol. The van der Waals surface area contributed by atoms with Crippen molar-refractivity contribution in [1.82, 2.24) is 10.2 Å². The Morgan fingerprint density at radius 1 is 1.06 bits per heavy atom. The van der Waals surface area contributed by atoms with Crippen molar-refractivity contribution in [3.05, 3.63) is 59.7 Å². The summed E-state index contributed by atoms with van der Waals surface area (Å²) in [5.41, 5.74) is 3.68. The van der Waals surface area contributed by atoms with E-state index >= 15 is 0 Å².